The van der Waals surface area contributed by atoms with E-state index in [1.807, 2.05) is 44.2 Å². The van der Waals surface area contributed by atoms with Crippen LogP contribution in [-0.4, -0.2) is 11.8 Å². The molecule has 0 aliphatic carbocycles. The molecule has 0 unspecified atom stereocenters. The number of halogens is 1. The normalized spacial score (nSPS) is 14.0. The van der Waals surface area contributed by atoms with Crippen molar-refractivity contribution in [3.63, 3.8) is 0 Å². The molecule has 1 aliphatic rings. The summed E-state index contributed by atoms with van der Waals surface area (Å²) in [6.07, 6.45) is 0. The predicted octanol–water partition coefficient (Wildman–Crippen LogP) is 4.84. The van der Waals surface area contributed by atoms with Crippen LogP contribution in [-0.2, 0) is 9.59 Å². The van der Waals surface area contributed by atoms with E-state index < -0.39 is 17.6 Å². The standard InChI is InChI=1S/C24H19FN2O2/c1-15-12-13-17(14-16(15)2)21-22(26-18-8-4-3-5-9-18)24(29)27(23(21)28)20-11-7-6-10-19(20)25/h3-14,26H,1-2H3. The molecule has 144 valence electrons. The predicted molar refractivity (Wildman–Crippen MR) is 112 cm³/mol. The largest absolute Gasteiger partial charge is 0.350 e. The highest BCUT2D eigenvalue weighted by Gasteiger charge is 2.41. The first-order valence-electron chi connectivity index (χ1n) is 9.24. The van der Waals surface area contributed by atoms with E-state index in [2.05, 4.69) is 5.32 Å². The second-order valence-electron chi connectivity index (χ2n) is 6.94. The number of hydrogen-bond acceptors (Lipinski definition) is 3. The van der Waals surface area contributed by atoms with Crippen LogP contribution in [0.4, 0.5) is 15.8 Å². The Morgan fingerprint density at radius 2 is 1.48 bits per heavy atom. The van der Waals surface area contributed by atoms with Gasteiger partial charge in [0.2, 0.25) is 0 Å². The van der Waals surface area contributed by atoms with Gasteiger partial charge in [-0.25, -0.2) is 9.29 Å². The maximum Gasteiger partial charge on any atom is 0.282 e. The monoisotopic (exact) mass is 386 g/mol. The molecule has 3 aromatic carbocycles. The minimum Gasteiger partial charge on any atom is -0.350 e. The fourth-order valence-corrected chi connectivity index (χ4v) is 3.33. The van der Waals surface area contributed by atoms with Gasteiger partial charge in [0.05, 0.1) is 11.3 Å². The smallest absolute Gasteiger partial charge is 0.282 e. The number of benzene rings is 3. The summed E-state index contributed by atoms with van der Waals surface area (Å²) in [5.74, 6) is -1.77. The van der Waals surface area contributed by atoms with Crippen LogP contribution in [0.25, 0.3) is 5.57 Å². The Kier molecular flexibility index (Phi) is 4.72. The molecule has 4 rings (SSSR count). The lowest BCUT2D eigenvalue weighted by Crippen LogP contribution is -2.33. The molecule has 2 amide bonds. The Labute approximate surface area is 168 Å². The van der Waals surface area contributed by atoms with Crippen LogP contribution in [0.15, 0.2) is 78.5 Å². The Morgan fingerprint density at radius 3 is 2.17 bits per heavy atom. The van der Waals surface area contributed by atoms with Gasteiger partial charge in [-0.15, -0.1) is 0 Å². The van der Waals surface area contributed by atoms with Crippen molar-refractivity contribution in [1.29, 1.82) is 0 Å². The van der Waals surface area contributed by atoms with Gasteiger partial charge in [-0.1, -0.05) is 48.5 Å². The first kappa shape index (κ1) is 18.6. The molecule has 0 aromatic heterocycles. The van der Waals surface area contributed by atoms with Crippen molar-refractivity contribution in [2.45, 2.75) is 13.8 Å². The molecule has 0 fully saturated rings. The third-order valence-corrected chi connectivity index (χ3v) is 5.02. The zero-order valence-corrected chi connectivity index (χ0v) is 16.1. The summed E-state index contributed by atoms with van der Waals surface area (Å²) in [7, 11) is 0. The number of imide groups is 1. The van der Waals surface area contributed by atoms with Gasteiger partial charge in [0.25, 0.3) is 11.8 Å². The molecule has 29 heavy (non-hydrogen) atoms. The Bertz CT molecular complexity index is 1150. The van der Waals surface area contributed by atoms with Crippen LogP contribution >= 0.6 is 0 Å². The van der Waals surface area contributed by atoms with E-state index in [0.29, 0.717) is 11.3 Å². The van der Waals surface area contributed by atoms with E-state index in [-0.39, 0.29) is 17.0 Å². The summed E-state index contributed by atoms with van der Waals surface area (Å²) in [4.78, 5) is 27.4. The number of hydrogen-bond donors (Lipinski definition) is 1. The summed E-state index contributed by atoms with van der Waals surface area (Å²) >= 11 is 0. The molecule has 3 aromatic rings. The fraction of sp³-hybridized carbons (Fsp3) is 0.0833. The Balaban J connectivity index is 1.87. The zero-order chi connectivity index (χ0) is 20.5. The van der Waals surface area contributed by atoms with Gasteiger partial charge < -0.3 is 5.32 Å². The molecule has 0 bridgehead atoms. The van der Waals surface area contributed by atoms with Crippen molar-refractivity contribution >= 4 is 28.8 Å². The van der Waals surface area contributed by atoms with Gasteiger partial charge in [-0.2, -0.15) is 0 Å². The lowest BCUT2D eigenvalue weighted by molar-refractivity contribution is -0.120. The molecule has 5 heteroatoms. The van der Waals surface area contributed by atoms with Gasteiger partial charge in [-0.3, -0.25) is 9.59 Å². The Hall–Kier alpha value is -3.73. The number of nitrogens with one attached hydrogen (secondary N) is 1. The number of carbonyl (C=O) groups is 2. The molecular formula is C24H19FN2O2. The van der Waals surface area contributed by atoms with E-state index in [4.69, 9.17) is 0 Å². The quantitative estimate of drug-likeness (QED) is 0.653. The molecular weight excluding hydrogens is 367 g/mol. The van der Waals surface area contributed by atoms with Crippen LogP contribution < -0.4 is 10.2 Å². The first-order valence-corrected chi connectivity index (χ1v) is 9.24. The fourth-order valence-electron chi connectivity index (χ4n) is 3.33. The topological polar surface area (TPSA) is 49.4 Å². The lowest BCUT2D eigenvalue weighted by atomic mass is 9.99. The van der Waals surface area contributed by atoms with Gasteiger partial charge >= 0.3 is 0 Å². The molecule has 1 aliphatic heterocycles. The van der Waals surface area contributed by atoms with Gasteiger partial charge in [-0.05, 0) is 54.8 Å². The van der Waals surface area contributed by atoms with Crippen molar-refractivity contribution in [2.24, 2.45) is 0 Å². The zero-order valence-electron chi connectivity index (χ0n) is 16.1. The van der Waals surface area contributed by atoms with E-state index >= 15 is 0 Å². The second-order valence-corrected chi connectivity index (χ2v) is 6.94. The average Bonchev–Trinajstić information content (AvgIpc) is 2.95. The number of rotatable bonds is 4. The van der Waals surface area contributed by atoms with Crippen molar-refractivity contribution in [1.82, 2.24) is 0 Å². The third-order valence-electron chi connectivity index (χ3n) is 5.02. The number of carbonyl (C=O) groups excluding carboxylic acids is 2. The molecule has 0 atom stereocenters. The number of amides is 2. The number of aryl methyl sites for hydroxylation is 2. The number of anilines is 2. The second kappa shape index (κ2) is 7.36. The summed E-state index contributed by atoms with van der Waals surface area (Å²) in [5.41, 5.74) is 3.66. The molecule has 1 heterocycles. The van der Waals surface area contributed by atoms with E-state index in [0.717, 1.165) is 16.0 Å². The van der Waals surface area contributed by atoms with Crippen molar-refractivity contribution in [3.05, 3.63) is 101 Å². The number of para-hydroxylation sites is 2. The van der Waals surface area contributed by atoms with E-state index in [9.17, 15) is 14.0 Å². The third kappa shape index (κ3) is 3.31. The Morgan fingerprint density at radius 1 is 0.793 bits per heavy atom. The molecule has 1 N–H and O–H groups in total. The van der Waals surface area contributed by atoms with Crippen LogP contribution in [0.5, 0.6) is 0 Å². The molecule has 4 nitrogen and oxygen atoms in total. The lowest BCUT2D eigenvalue weighted by Gasteiger charge is -2.16. The maximum absolute atomic E-state index is 14.4. The average molecular weight is 386 g/mol. The SMILES string of the molecule is Cc1ccc(C2=C(Nc3ccccc3)C(=O)N(c3ccccc3F)C2=O)cc1C. The minimum atomic E-state index is -0.630. The summed E-state index contributed by atoms with van der Waals surface area (Å²) in [5, 5.41) is 3.07. The van der Waals surface area contributed by atoms with Crippen molar-refractivity contribution < 1.29 is 14.0 Å². The highest BCUT2D eigenvalue weighted by molar-refractivity contribution is 6.46. The molecule has 0 saturated carbocycles. The van der Waals surface area contributed by atoms with Gasteiger partial charge in [0, 0.05) is 5.69 Å². The van der Waals surface area contributed by atoms with Crippen LogP contribution in [0.2, 0.25) is 0 Å². The highest BCUT2D eigenvalue weighted by atomic mass is 19.1. The van der Waals surface area contributed by atoms with Crippen LogP contribution in [0.3, 0.4) is 0 Å². The summed E-state index contributed by atoms with van der Waals surface area (Å²) in [6.45, 7) is 3.92. The maximum atomic E-state index is 14.4. The van der Waals surface area contributed by atoms with Crippen molar-refractivity contribution in [2.75, 3.05) is 10.2 Å². The van der Waals surface area contributed by atoms with Gasteiger partial charge in [0.1, 0.15) is 11.5 Å². The molecule has 0 saturated heterocycles. The summed E-state index contributed by atoms with van der Waals surface area (Å²) in [6, 6.07) is 20.5. The molecule has 0 radical (unpaired) electrons. The summed E-state index contributed by atoms with van der Waals surface area (Å²) < 4.78 is 14.4. The minimum absolute atomic E-state index is 0.0614. The van der Waals surface area contributed by atoms with Crippen LogP contribution in [0.1, 0.15) is 16.7 Å². The van der Waals surface area contributed by atoms with Crippen LogP contribution in [0, 0.1) is 19.7 Å². The van der Waals surface area contributed by atoms with E-state index in [1.165, 1.54) is 18.2 Å². The number of nitrogens with zero attached hydrogens (tertiary/aromatic N) is 1. The highest BCUT2D eigenvalue weighted by Crippen LogP contribution is 2.35. The van der Waals surface area contributed by atoms with Crippen molar-refractivity contribution in [3.8, 4) is 0 Å². The molecule has 0 spiro atoms. The van der Waals surface area contributed by atoms with E-state index in [1.54, 1.807) is 24.3 Å². The van der Waals surface area contributed by atoms with Gasteiger partial charge in [0.15, 0.2) is 0 Å². The first-order chi connectivity index (χ1) is 14.0.